The molecule has 0 radical (unpaired) electrons. The Kier molecular flexibility index (Phi) is 4.82. The zero-order valence-corrected chi connectivity index (χ0v) is 15.2. The average Bonchev–Trinajstić information content (AvgIpc) is 2.83. The summed E-state index contributed by atoms with van der Waals surface area (Å²) in [4.78, 5) is 34.4. The fraction of sp³-hybridized carbons (Fsp3) is 0.235. The quantitative estimate of drug-likeness (QED) is 0.651. The molecule has 1 unspecified atom stereocenters. The standard InChI is InChI=1S/C17H15N3O3S2/c1-9(2)14(16(22)23)20-15(21)12(25-17(20)24)8-10-4-3-5-11-13(10)19-7-6-18-11/h3-9,14H,1-2H3,(H,22,23)/b12-8-. The third-order valence-corrected chi connectivity index (χ3v) is 5.13. The van der Waals surface area contributed by atoms with Crippen LogP contribution in [-0.4, -0.2) is 42.2 Å². The number of carbonyl (C=O) groups is 2. The van der Waals surface area contributed by atoms with Gasteiger partial charge in [0.05, 0.1) is 15.9 Å². The molecule has 1 saturated heterocycles. The molecule has 25 heavy (non-hydrogen) atoms. The molecular weight excluding hydrogens is 358 g/mol. The van der Waals surface area contributed by atoms with E-state index in [1.165, 1.54) is 4.90 Å². The van der Waals surface area contributed by atoms with Gasteiger partial charge >= 0.3 is 5.97 Å². The van der Waals surface area contributed by atoms with E-state index >= 15 is 0 Å². The highest BCUT2D eigenvalue weighted by molar-refractivity contribution is 8.26. The highest BCUT2D eigenvalue weighted by atomic mass is 32.2. The molecule has 1 aromatic carbocycles. The molecule has 2 heterocycles. The molecule has 1 atom stereocenters. The van der Waals surface area contributed by atoms with Crippen LogP contribution >= 0.6 is 24.0 Å². The van der Waals surface area contributed by atoms with Crippen molar-refractivity contribution in [3.63, 3.8) is 0 Å². The molecule has 8 heteroatoms. The molecule has 128 valence electrons. The van der Waals surface area contributed by atoms with Gasteiger partial charge in [-0.2, -0.15) is 0 Å². The van der Waals surface area contributed by atoms with Crippen molar-refractivity contribution in [3.8, 4) is 0 Å². The van der Waals surface area contributed by atoms with Crippen LogP contribution in [0.1, 0.15) is 19.4 Å². The Labute approximate surface area is 154 Å². The first-order valence-corrected chi connectivity index (χ1v) is 8.82. The van der Waals surface area contributed by atoms with Gasteiger partial charge < -0.3 is 5.11 Å². The summed E-state index contributed by atoms with van der Waals surface area (Å²) < 4.78 is 0.253. The molecule has 0 spiro atoms. The van der Waals surface area contributed by atoms with Gasteiger partial charge in [0, 0.05) is 18.0 Å². The number of nitrogens with zero attached hydrogens (tertiary/aromatic N) is 3. The van der Waals surface area contributed by atoms with Gasteiger partial charge in [0.25, 0.3) is 5.91 Å². The van der Waals surface area contributed by atoms with Gasteiger partial charge in [-0.15, -0.1) is 0 Å². The lowest BCUT2D eigenvalue weighted by atomic mass is 10.0. The predicted molar refractivity (Wildman–Crippen MR) is 101 cm³/mol. The second kappa shape index (κ2) is 6.89. The Hall–Kier alpha value is -2.32. The molecule has 1 aromatic heterocycles. The van der Waals surface area contributed by atoms with Gasteiger partial charge in [-0.05, 0) is 18.1 Å². The van der Waals surface area contributed by atoms with Crippen molar-refractivity contribution in [3.05, 3.63) is 41.1 Å². The minimum absolute atomic E-state index is 0.253. The van der Waals surface area contributed by atoms with Crippen LogP contribution in [0, 0.1) is 5.92 Å². The molecule has 1 fully saturated rings. The molecule has 6 nitrogen and oxygen atoms in total. The van der Waals surface area contributed by atoms with Crippen molar-refractivity contribution < 1.29 is 14.7 Å². The molecule has 3 rings (SSSR count). The SMILES string of the molecule is CC(C)C(C(=O)O)N1C(=O)/C(=C/c2cccc3nccnc23)SC1=S. The minimum Gasteiger partial charge on any atom is -0.480 e. The number of thioether (sulfide) groups is 1. The Morgan fingerprint density at radius 3 is 2.72 bits per heavy atom. The van der Waals surface area contributed by atoms with E-state index in [9.17, 15) is 14.7 Å². The normalized spacial score (nSPS) is 17.7. The number of benzene rings is 1. The highest BCUT2D eigenvalue weighted by Gasteiger charge is 2.41. The number of aromatic nitrogens is 2. The van der Waals surface area contributed by atoms with Crippen molar-refractivity contribution in [1.29, 1.82) is 0 Å². The van der Waals surface area contributed by atoms with Crippen molar-refractivity contribution in [2.75, 3.05) is 0 Å². The first-order valence-electron chi connectivity index (χ1n) is 7.59. The Morgan fingerprint density at radius 1 is 1.32 bits per heavy atom. The summed E-state index contributed by atoms with van der Waals surface area (Å²) in [5.41, 5.74) is 2.13. The summed E-state index contributed by atoms with van der Waals surface area (Å²) in [5.74, 6) is -1.72. The molecular formula is C17H15N3O3S2. The van der Waals surface area contributed by atoms with Crippen molar-refractivity contribution in [2.45, 2.75) is 19.9 Å². The van der Waals surface area contributed by atoms with E-state index in [1.807, 2.05) is 18.2 Å². The maximum Gasteiger partial charge on any atom is 0.327 e. The van der Waals surface area contributed by atoms with Crippen molar-refractivity contribution in [1.82, 2.24) is 14.9 Å². The fourth-order valence-corrected chi connectivity index (χ4v) is 4.01. The largest absolute Gasteiger partial charge is 0.480 e. The van der Waals surface area contributed by atoms with Gasteiger partial charge in [-0.1, -0.05) is 50.0 Å². The molecule has 0 bridgehead atoms. The molecule has 2 aromatic rings. The molecule has 0 saturated carbocycles. The van der Waals surface area contributed by atoms with Gasteiger partial charge in [-0.25, -0.2) is 4.79 Å². The fourth-order valence-electron chi connectivity index (χ4n) is 2.69. The number of rotatable bonds is 4. The number of carbonyl (C=O) groups excluding carboxylic acids is 1. The second-order valence-corrected chi connectivity index (χ2v) is 7.53. The Balaban J connectivity index is 2.02. The lowest BCUT2D eigenvalue weighted by Crippen LogP contribution is -2.47. The van der Waals surface area contributed by atoms with Gasteiger partial charge in [0.1, 0.15) is 10.4 Å². The van der Waals surface area contributed by atoms with Crippen LogP contribution in [0.5, 0.6) is 0 Å². The van der Waals surface area contributed by atoms with Crippen LogP contribution in [0.25, 0.3) is 17.1 Å². The van der Waals surface area contributed by atoms with Crippen LogP contribution in [-0.2, 0) is 9.59 Å². The Morgan fingerprint density at radius 2 is 2.04 bits per heavy atom. The lowest BCUT2D eigenvalue weighted by molar-refractivity contribution is -0.146. The van der Waals surface area contributed by atoms with E-state index in [1.54, 1.807) is 32.3 Å². The number of carboxylic acid groups (broad SMARTS) is 1. The number of fused-ring (bicyclic) bond motifs is 1. The summed E-state index contributed by atoms with van der Waals surface area (Å²) >= 11 is 6.36. The third kappa shape index (κ3) is 3.27. The van der Waals surface area contributed by atoms with E-state index in [4.69, 9.17) is 12.2 Å². The van der Waals surface area contributed by atoms with Crippen molar-refractivity contribution in [2.24, 2.45) is 5.92 Å². The van der Waals surface area contributed by atoms with Crippen LogP contribution in [0.4, 0.5) is 0 Å². The number of amides is 1. The van der Waals surface area contributed by atoms with E-state index in [-0.39, 0.29) is 10.2 Å². The first-order chi connectivity index (χ1) is 11.9. The number of thiocarbonyl (C=S) groups is 1. The predicted octanol–water partition coefficient (Wildman–Crippen LogP) is 2.94. The Bertz CT molecular complexity index is 906. The molecule has 1 amide bonds. The van der Waals surface area contributed by atoms with Gasteiger partial charge in [0.15, 0.2) is 0 Å². The van der Waals surface area contributed by atoms with Crippen molar-refractivity contribution >= 4 is 57.3 Å². The molecule has 1 aliphatic heterocycles. The number of aliphatic carboxylic acids is 1. The van der Waals surface area contributed by atoms with Crippen LogP contribution in [0.3, 0.4) is 0 Å². The smallest absolute Gasteiger partial charge is 0.327 e. The highest BCUT2D eigenvalue weighted by Crippen LogP contribution is 2.36. The summed E-state index contributed by atoms with van der Waals surface area (Å²) in [5, 5.41) is 9.46. The number of hydrogen-bond acceptors (Lipinski definition) is 6. The molecule has 0 aliphatic carbocycles. The summed E-state index contributed by atoms with van der Waals surface area (Å²) in [6.45, 7) is 3.50. The molecule has 1 N–H and O–H groups in total. The maximum atomic E-state index is 12.8. The zero-order valence-electron chi connectivity index (χ0n) is 13.5. The second-order valence-electron chi connectivity index (χ2n) is 5.85. The first kappa shape index (κ1) is 17.5. The van der Waals surface area contributed by atoms with Gasteiger partial charge in [-0.3, -0.25) is 19.7 Å². The molecule has 1 aliphatic rings. The number of carboxylic acids is 1. The third-order valence-electron chi connectivity index (χ3n) is 3.80. The summed E-state index contributed by atoms with van der Waals surface area (Å²) in [6, 6.07) is 4.52. The van der Waals surface area contributed by atoms with E-state index in [0.29, 0.717) is 10.4 Å². The monoisotopic (exact) mass is 373 g/mol. The van der Waals surface area contributed by atoms with Crippen LogP contribution in [0.2, 0.25) is 0 Å². The van der Waals surface area contributed by atoms with Gasteiger partial charge in [0.2, 0.25) is 0 Å². The lowest BCUT2D eigenvalue weighted by Gasteiger charge is -2.26. The minimum atomic E-state index is -1.07. The van der Waals surface area contributed by atoms with Crippen LogP contribution < -0.4 is 0 Å². The van der Waals surface area contributed by atoms with E-state index in [2.05, 4.69) is 9.97 Å². The van der Waals surface area contributed by atoms with E-state index < -0.39 is 17.9 Å². The van der Waals surface area contributed by atoms with E-state index in [0.717, 1.165) is 22.8 Å². The topological polar surface area (TPSA) is 83.4 Å². The average molecular weight is 373 g/mol. The number of para-hydroxylation sites is 1. The maximum absolute atomic E-state index is 12.8. The summed E-state index contributed by atoms with van der Waals surface area (Å²) in [6.07, 6.45) is 4.88. The number of hydrogen-bond donors (Lipinski definition) is 1. The van der Waals surface area contributed by atoms with Crippen LogP contribution in [0.15, 0.2) is 35.5 Å². The zero-order chi connectivity index (χ0) is 18.1. The summed E-state index contributed by atoms with van der Waals surface area (Å²) in [7, 11) is 0.